The number of aryl methyl sites for hydroxylation is 1. The average Bonchev–Trinajstić information content (AvgIpc) is 2.36. The summed E-state index contributed by atoms with van der Waals surface area (Å²) in [6.45, 7) is 3.54. The number of hydrogen-bond acceptors (Lipinski definition) is 4. The minimum absolute atomic E-state index is 0.0274. The normalized spacial score (nSPS) is 12.7. The van der Waals surface area contributed by atoms with E-state index in [0.29, 0.717) is 6.42 Å². The maximum absolute atomic E-state index is 12.0. The zero-order valence-electron chi connectivity index (χ0n) is 12.0. The summed E-state index contributed by atoms with van der Waals surface area (Å²) in [5, 5.41) is 8.56. The number of carbonyl (C=O) groups is 2. The Morgan fingerprint density at radius 1 is 1.24 bits per heavy atom. The highest BCUT2D eigenvalue weighted by Gasteiger charge is 2.19. The van der Waals surface area contributed by atoms with E-state index >= 15 is 0 Å². The first kappa shape index (κ1) is 17.2. The van der Waals surface area contributed by atoms with Crippen molar-refractivity contribution >= 4 is 21.9 Å². The Labute approximate surface area is 124 Å². The van der Waals surface area contributed by atoms with E-state index in [2.05, 4.69) is 0 Å². The number of hydrogen-bond donors (Lipinski definition) is 2. The Morgan fingerprint density at radius 2 is 1.81 bits per heavy atom. The van der Waals surface area contributed by atoms with Crippen LogP contribution in [0.15, 0.2) is 29.2 Å². The van der Waals surface area contributed by atoms with Gasteiger partial charge in [-0.3, -0.25) is 9.59 Å². The molecule has 7 heteroatoms. The van der Waals surface area contributed by atoms with Crippen LogP contribution in [0.2, 0.25) is 0 Å². The first-order valence-electron chi connectivity index (χ1n) is 6.55. The van der Waals surface area contributed by atoms with Gasteiger partial charge in [0.25, 0.3) is 10.0 Å². The summed E-state index contributed by atoms with van der Waals surface area (Å²) in [6.07, 6.45) is 0.255. The Balaban J connectivity index is 2.61. The maximum atomic E-state index is 12.0. The molecule has 6 nitrogen and oxygen atoms in total. The third kappa shape index (κ3) is 5.95. The number of aliphatic carboxylic acids is 1. The van der Waals surface area contributed by atoms with Gasteiger partial charge < -0.3 is 5.11 Å². The standard InChI is InChI=1S/C14H19NO5S/c1-10-3-6-12(7-4-10)21(19,20)15-13(16)9-11(2)5-8-14(17)18/h3-4,6-7,11H,5,8-9H2,1-2H3,(H,15,16)(H,17,18). The summed E-state index contributed by atoms with van der Waals surface area (Å²) in [7, 11) is -3.87. The molecule has 0 spiro atoms. The Bertz CT molecular complexity index is 607. The zero-order valence-corrected chi connectivity index (χ0v) is 12.8. The van der Waals surface area contributed by atoms with E-state index in [1.165, 1.54) is 12.1 Å². The van der Waals surface area contributed by atoms with Crippen LogP contribution in [0.4, 0.5) is 0 Å². The van der Waals surface area contributed by atoms with Gasteiger partial charge in [0.1, 0.15) is 0 Å². The lowest BCUT2D eigenvalue weighted by atomic mass is 10.0. The predicted molar refractivity (Wildman–Crippen MR) is 77.2 cm³/mol. The zero-order chi connectivity index (χ0) is 16.0. The highest BCUT2D eigenvalue weighted by molar-refractivity contribution is 7.90. The van der Waals surface area contributed by atoms with E-state index in [-0.39, 0.29) is 23.7 Å². The van der Waals surface area contributed by atoms with Gasteiger partial charge in [-0.1, -0.05) is 24.6 Å². The van der Waals surface area contributed by atoms with Gasteiger partial charge in [0, 0.05) is 12.8 Å². The first-order valence-corrected chi connectivity index (χ1v) is 8.03. The molecule has 0 heterocycles. The fourth-order valence-corrected chi connectivity index (χ4v) is 2.75. The number of nitrogens with one attached hydrogen (secondary N) is 1. The summed E-state index contributed by atoms with van der Waals surface area (Å²) >= 11 is 0. The molecule has 0 aromatic heterocycles. The molecule has 1 aromatic carbocycles. The lowest BCUT2D eigenvalue weighted by Crippen LogP contribution is -2.31. The van der Waals surface area contributed by atoms with Gasteiger partial charge in [0.15, 0.2) is 0 Å². The lowest BCUT2D eigenvalue weighted by Gasteiger charge is -2.11. The molecule has 2 N–H and O–H groups in total. The smallest absolute Gasteiger partial charge is 0.303 e. The van der Waals surface area contributed by atoms with Crippen molar-refractivity contribution in [2.45, 2.75) is 38.0 Å². The van der Waals surface area contributed by atoms with Crippen molar-refractivity contribution in [3.8, 4) is 0 Å². The molecule has 0 radical (unpaired) electrons. The molecule has 0 bridgehead atoms. The second-order valence-electron chi connectivity index (χ2n) is 5.08. The number of amides is 1. The number of benzene rings is 1. The van der Waals surface area contributed by atoms with Gasteiger partial charge in [-0.2, -0.15) is 0 Å². The second-order valence-corrected chi connectivity index (χ2v) is 6.77. The Morgan fingerprint density at radius 3 is 2.33 bits per heavy atom. The molecule has 0 aliphatic heterocycles. The van der Waals surface area contributed by atoms with Crippen molar-refractivity contribution in [2.75, 3.05) is 0 Å². The summed E-state index contributed by atoms with van der Waals surface area (Å²) in [5.74, 6) is -1.77. The largest absolute Gasteiger partial charge is 0.481 e. The van der Waals surface area contributed by atoms with Crippen LogP contribution in [0, 0.1) is 12.8 Å². The molecule has 0 saturated carbocycles. The molecule has 21 heavy (non-hydrogen) atoms. The van der Waals surface area contributed by atoms with Gasteiger partial charge in [-0.05, 0) is 31.4 Å². The van der Waals surface area contributed by atoms with Crippen LogP contribution >= 0.6 is 0 Å². The van der Waals surface area contributed by atoms with E-state index in [1.54, 1.807) is 19.1 Å². The van der Waals surface area contributed by atoms with Crippen molar-refractivity contribution in [3.63, 3.8) is 0 Å². The Kier molecular flexibility index (Phi) is 5.90. The molecule has 116 valence electrons. The molecule has 0 saturated heterocycles. The molecule has 1 atom stereocenters. The number of sulfonamides is 1. The molecule has 0 fully saturated rings. The van der Waals surface area contributed by atoms with Crippen LogP contribution in [0.1, 0.15) is 31.7 Å². The minimum atomic E-state index is -3.87. The highest BCUT2D eigenvalue weighted by atomic mass is 32.2. The SMILES string of the molecule is Cc1ccc(S(=O)(=O)NC(=O)CC(C)CCC(=O)O)cc1. The molecule has 0 aliphatic rings. The lowest BCUT2D eigenvalue weighted by molar-refractivity contribution is -0.137. The first-order chi connectivity index (χ1) is 9.70. The molecule has 0 aliphatic carbocycles. The molecule has 1 aromatic rings. The van der Waals surface area contributed by atoms with E-state index in [1.807, 2.05) is 11.6 Å². The molecule has 1 unspecified atom stereocenters. The minimum Gasteiger partial charge on any atom is -0.481 e. The van der Waals surface area contributed by atoms with Crippen molar-refractivity contribution < 1.29 is 23.1 Å². The molecule has 1 amide bonds. The van der Waals surface area contributed by atoms with Crippen LogP contribution in [0.5, 0.6) is 0 Å². The third-order valence-electron chi connectivity index (χ3n) is 2.96. The van der Waals surface area contributed by atoms with Crippen molar-refractivity contribution in [3.05, 3.63) is 29.8 Å². The van der Waals surface area contributed by atoms with Gasteiger partial charge >= 0.3 is 5.97 Å². The maximum Gasteiger partial charge on any atom is 0.303 e. The summed E-state index contributed by atoms with van der Waals surface area (Å²) in [6, 6.07) is 6.15. The van der Waals surface area contributed by atoms with Crippen LogP contribution < -0.4 is 4.72 Å². The van der Waals surface area contributed by atoms with Gasteiger partial charge in [0.2, 0.25) is 5.91 Å². The van der Waals surface area contributed by atoms with E-state index in [4.69, 9.17) is 5.11 Å². The molecular weight excluding hydrogens is 294 g/mol. The van der Waals surface area contributed by atoms with Gasteiger partial charge in [-0.25, -0.2) is 13.1 Å². The predicted octanol–water partition coefficient (Wildman–Crippen LogP) is 1.69. The van der Waals surface area contributed by atoms with Crippen LogP contribution in [-0.4, -0.2) is 25.4 Å². The van der Waals surface area contributed by atoms with Gasteiger partial charge in [-0.15, -0.1) is 0 Å². The van der Waals surface area contributed by atoms with E-state index in [0.717, 1.165) is 5.56 Å². The quantitative estimate of drug-likeness (QED) is 0.798. The van der Waals surface area contributed by atoms with Crippen LogP contribution in [0.3, 0.4) is 0 Å². The highest BCUT2D eigenvalue weighted by Crippen LogP contribution is 2.13. The third-order valence-corrected chi connectivity index (χ3v) is 4.35. The topological polar surface area (TPSA) is 101 Å². The molecule has 1 rings (SSSR count). The van der Waals surface area contributed by atoms with Crippen LogP contribution in [-0.2, 0) is 19.6 Å². The number of carboxylic acids is 1. The number of carbonyl (C=O) groups excluding carboxylic acids is 1. The van der Waals surface area contributed by atoms with Crippen molar-refractivity contribution in [1.29, 1.82) is 0 Å². The van der Waals surface area contributed by atoms with Crippen molar-refractivity contribution in [1.82, 2.24) is 4.72 Å². The summed E-state index contributed by atoms with van der Waals surface area (Å²) in [5.41, 5.74) is 0.919. The van der Waals surface area contributed by atoms with E-state index in [9.17, 15) is 18.0 Å². The Hall–Kier alpha value is -1.89. The van der Waals surface area contributed by atoms with Gasteiger partial charge in [0.05, 0.1) is 4.90 Å². The van der Waals surface area contributed by atoms with Crippen molar-refractivity contribution in [2.24, 2.45) is 5.92 Å². The fraction of sp³-hybridized carbons (Fsp3) is 0.429. The fourth-order valence-electron chi connectivity index (χ4n) is 1.76. The monoisotopic (exact) mass is 313 g/mol. The second kappa shape index (κ2) is 7.21. The summed E-state index contributed by atoms with van der Waals surface area (Å²) < 4.78 is 25.9. The number of rotatable bonds is 7. The van der Waals surface area contributed by atoms with E-state index < -0.39 is 21.9 Å². The average molecular weight is 313 g/mol. The van der Waals surface area contributed by atoms with Crippen LogP contribution in [0.25, 0.3) is 0 Å². The summed E-state index contributed by atoms with van der Waals surface area (Å²) in [4.78, 5) is 22.2. The molecular formula is C14H19NO5S. The number of carboxylic acid groups (broad SMARTS) is 1.